The Hall–Kier alpha value is -2.63. The van der Waals surface area contributed by atoms with Crippen molar-refractivity contribution in [2.45, 2.75) is 0 Å². The van der Waals surface area contributed by atoms with Crippen LogP contribution in [-0.4, -0.2) is 33.0 Å². The third-order valence-electron chi connectivity index (χ3n) is 3.04. The highest BCUT2D eigenvalue weighted by molar-refractivity contribution is 5.91. The zero-order valence-corrected chi connectivity index (χ0v) is 9.98. The predicted octanol–water partition coefficient (Wildman–Crippen LogP) is 1.59. The van der Waals surface area contributed by atoms with E-state index in [1.165, 1.54) is 6.33 Å². The molecular formula is C13H10N4O2. The molecule has 0 saturated heterocycles. The van der Waals surface area contributed by atoms with Gasteiger partial charge in [0.05, 0.1) is 0 Å². The molecule has 0 unspecified atom stereocenters. The number of nitrogens with zero attached hydrogens (tertiary/aromatic N) is 4. The predicted molar refractivity (Wildman–Crippen MR) is 67.7 cm³/mol. The minimum absolute atomic E-state index is 0.567. The smallest absolute Gasteiger partial charge is 0.163 e. The van der Waals surface area contributed by atoms with Crippen LogP contribution in [0, 0.1) is 0 Å². The molecule has 4 rings (SSSR count). The Balaban J connectivity index is 2.00. The van der Waals surface area contributed by atoms with E-state index in [9.17, 15) is 0 Å². The Bertz CT molecular complexity index is 740. The van der Waals surface area contributed by atoms with Crippen LogP contribution in [0.3, 0.4) is 0 Å². The van der Waals surface area contributed by atoms with E-state index in [4.69, 9.17) is 9.47 Å². The standard InChI is InChI=1S/C13H10N4O2/c1-2-15-13(17-8-14-7-16-17)10-6-12-11(5-9(1)10)18-3-4-19-12/h1-2,5-8H,3-4H2. The molecule has 6 heteroatoms. The van der Waals surface area contributed by atoms with Crippen molar-refractivity contribution < 1.29 is 9.47 Å². The average molecular weight is 254 g/mol. The molecule has 19 heavy (non-hydrogen) atoms. The van der Waals surface area contributed by atoms with Crippen LogP contribution < -0.4 is 9.47 Å². The number of aromatic nitrogens is 4. The number of pyridine rings is 1. The summed E-state index contributed by atoms with van der Waals surface area (Å²) in [5, 5.41) is 6.11. The van der Waals surface area contributed by atoms with Crippen LogP contribution >= 0.6 is 0 Å². The van der Waals surface area contributed by atoms with Gasteiger partial charge in [-0.15, -0.1) is 0 Å². The Morgan fingerprint density at radius 2 is 1.95 bits per heavy atom. The molecule has 1 aliphatic rings. The van der Waals surface area contributed by atoms with Crippen LogP contribution in [0.25, 0.3) is 16.6 Å². The first kappa shape index (κ1) is 10.3. The Kier molecular flexibility index (Phi) is 2.14. The van der Waals surface area contributed by atoms with Crippen molar-refractivity contribution in [3.8, 4) is 17.3 Å². The van der Waals surface area contributed by atoms with Gasteiger partial charge in [-0.25, -0.2) is 14.6 Å². The SMILES string of the molecule is c1cc2cc3c(cc2c(-n2cncn2)n1)OCCO3. The number of fused-ring (bicyclic) bond motifs is 2. The van der Waals surface area contributed by atoms with Gasteiger partial charge < -0.3 is 9.47 Å². The second-order valence-electron chi connectivity index (χ2n) is 4.19. The fourth-order valence-corrected chi connectivity index (χ4v) is 2.19. The van der Waals surface area contributed by atoms with Gasteiger partial charge in [0.25, 0.3) is 0 Å². The molecule has 0 amide bonds. The highest BCUT2D eigenvalue weighted by Gasteiger charge is 2.15. The Morgan fingerprint density at radius 3 is 2.74 bits per heavy atom. The zero-order chi connectivity index (χ0) is 12.7. The van der Waals surface area contributed by atoms with Gasteiger partial charge in [0.1, 0.15) is 25.9 Å². The molecule has 0 spiro atoms. The van der Waals surface area contributed by atoms with Crippen molar-refractivity contribution in [1.29, 1.82) is 0 Å². The fourth-order valence-electron chi connectivity index (χ4n) is 2.19. The first-order valence-corrected chi connectivity index (χ1v) is 5.95. The van der Waals surface area contributed by atoms with Crippen molar-refractivity contribution in [3.05, 3.63) is 37.1 Å². The highest BCUT2D eigenvalue weighted by atomic mass is 16.6. The maximum absolute atomic E-state index is 5.61. The second-order valence-corrected chi connectivity index (χ2v) is 4.19. The molecule has 0 aliphatic carbocycles. The number of hydrogen-bond donors (Lipinski definition) is 0. The van der Waals surface area contributed by atoms with E-state index in [2.05, 4.69) is 15.1 Å². The molecule has 1 aliphatic heterocycles. The van der Waals surface area contributed by atoms with Crippen LogP contribution in [0.1, 0.15) is 0 Å². The summed E-state index contributed by atoms with van der Waals surface area (Å²) in [6.07, 6.45) is 4.85. The van der Waals surface area contributed by atoms with Crippen LogP contribution in [0.2, 0.25) is 0 Å². The van der Waals surface area contributed by atoms with Gasteiger partial charge in [-0.05, 0) is 23.6 Å². The average Bonchev–Trinajstić information content (AvgIpc) is 2.98. The van der Waals surface area contributed by atoms with Gasteiger partial charge in [-0.2, -0.15) is 5.10 Å². The van der Waals surface area contributed by atoms with E-state index in [0.717, 1.165) is 28.1 Å². The molecule has 0 radical (unpaired) electrons. The summed E-state index contributed by atoms with van der Waals surface area (Å²) >= 11 is 0. The number of ether oxygens (including phenoxy) is 2. The highest BCUT2D eigenvalue weighted by Crippen LogP contribution is 2.35. The molecule has 1 aromatic carbocycles. The summed E-state index contributed by atoms with van der Waals surface area (Å²) in [5.41, 5.74) is 0. The molecule has 0 fully saturated rings. The maximum Gasteiger partial charge on any atom is 0.163 e. The topological polar surface area (TPSA) is 62.1 Å². The molecule has 0 bridgehead atoms. The van der Waals surface area contributed by atoms with Crippen molar-refractivity contribution in [1.82, 2.24) is 19.7 Å². The van der Waals surface area contributed by atoms with Crippen molar-refractivity contribution in [3.63, 3.8) is 0 Å². The lowest BCUT2D eigenvalue weighted by Crippen LogP contribution is -2.15. The molecule has 6 nitrogen and oxygen atoms in total. The van der Waals surface area contributed by atoms with Crippen LogP contribution in [0.5, 0.6) is 11.5 Å². The monoisotopic (exact) mass is 254 g/mol. The van der Waals surface area contributed by atoms with Gasteiger partial charge in [0, 0.05) is 11.6 Å². The van der Waals surface area contributed by atoms with Gasteiger partial charge in [0.2, 0.25) is 0 Å². The summed E-state index contributed by atoms with van der Waals surface area (Å²) < 4.78 is 12.8. The third-order valence-corrected chi connectivity index (χ3v) is 3.04. The lowest BCUT2D eigenvalue weighted by atomic mass is 10.1. The summed E-state index contributed by atoms with van der Waals surface area (Å²) in [6, 6.07) is 5.84. The Morgan fingerprint density at radius 1 is 1.11 bits per heavy atom. The molecule has 3 heterocycles. The quantitative estimate of drug-likeness (QED) is 0.660. The zero-order valence-electron chi connectivity index (χ0n) is 9.98. The summed E-state index contributed by atoms with van der Waals surface area (Å²) in [4.78, 5) is 8.31. The van der Waals surface area contributed by atoms with Crippen LogP contribution in [-0.2, 0) is 0 Å². The largest absolute Gasteiger partial charge is 0.486 e. The molecule has 0 saturated carbocycles. The van der Waals surface area contributed by atoms with Crippen molar-refractivity contribution >= 4 is 10.8 Å². The van der Waals surface area contributed by atoms with Crippen LogP contribution in [0.15, 0.2) is 37.1 Å². The van der Waals surface area contributed by atoms with Gasteiger partial charge in [0.15, 0.2) is 17.3 Å². The van der Waals surface area contributed by atoms with Crippen molar-refractivity contribution in [2.24, 2.45) is 0 Å². The first-order valence-electron chi connectivity index (χ1n) is 5.95. The minimum Gasteiger partial charge on any atom is -0.486 e. The van der Waals surface area contributed by atoms with E-state index in [1.54, 1.807) is 17.2 Å². The lowest BCUT2D eigenvalue weighted by Gasteiger charge is -2.19. The van der Waals surface area contributed by atoms with Gasteiger partial charge in [-0.3, -0.25) is 0 Å². The number of hydrogen-bond acceptors (Lipinski definition) is 5. The molecule has 94 valence electrons. The van der Waals surface area contributed by atoms with E-state index in [1.807, 2.05) is 18.2 Å². The molecule has 2 aromatic heterocycles. The maximum atomic E-state index is 5.61. The van der Waals surface area contributed by atoms with Crippen LogP contribution in [0.4, 0.5) is 0 Å². The summed E-state index contributed by atoms with van der Waals surface area (Å²) in [6.45, 7) is 1.15. The fraction of sp³-hybridized carbons (Fsp3) is 0.154. The number of rotatable bonds is 1. The number of benzene rings is 1. The lowest BCUT2D eigenvalue weighted by molar-refractivity contribution is 0.172. The van der Waals surface area contributed by atoms with E-state index < -0.39 is 0 Å². The van der Waals surface area contributed by atoms with E-state index in [0.29, 0.717) is 13.2 Å². The normalized spacial score (nSPS) is 13.7. The third kappa shape index (κ3) is 1.61. The van der Waals surface area contributed by atoms with Crippen molar-refractivity contribution in [2.75, 3.05) is 13.2 Å². The minimum atomic E-state index is 0.567. The summed E-state index contributed by atoms with van der Waals surface area (Å²) in [5.74, 6) is 2.24. The molecule has 0 N–H and O–H groups in total. The van der Waals surface area contributed by atoms with E-state index in [-0.39, 0.29) is 0 Å². The Labute approximate surface area is 108 Å². The van der Waals surface area contributed by atoms with E-state index >= 15 is 0 Å². The van der Waals surface area contributed by atoms with Gasteiger partial charge >= 0.3 is 0 Å². The first-order chi connectivity index (χ1) is 9.42. The second kappa shape index (κ2) is 3.94. The molecule has 0 atom stereocenters. The summed E-state index contributed by atoms with van der Waals surface area (Å²) in [7, 11) is 0. The van der Waals surface area contributed by atoms with Gasteiger partial charge in [-0.1, -0.05) is 0 Å². The molecular weight excluding hydrogens is 244 g/mol. The molecule has 3 aromatic rings.